The molecule has 1 heterocycles. The Hall–Kier alpha value is -0.120. The number of ether oxygens (including phenoxy) is 1. The molecule has 1 aliphatic heterocycles. The SMILES string of the molecule is NNCCC1CCCCCO1. The fourth-order valence-corrected chi connectivity index (χ4v) is 1.46. The average Bonchev–Trinajstić information content (AvgIpc) is 2.28. The van der Waals surface area contributed by atoms with Crippen LogP contribution in [0.5, 0.6) is 0 Å². The highest BCUT2D eigenvalue weighted by molar-refractivity contribution is 4.62. The van der Waals surface area contributed by atoms with E-state index < -0.39 is 0 Å². The number of hydrazine groups is 1. The summed E-state index contributed by atoms with van der Waals surface area (Å²) >= 11 is 0. The molecule has 1 rings (SSSR count). The van der Waals surface area contributed by atoms with Crippen molar-refractivity contribution in [3.8, 4) is 0 Å². The molecule has 3 heteroatoms. The average molecular weight is 158 g/mol. The maximum Gasteiger partial charge on any atom is 0.0587 e. The first-order valence-electron chi connectivity index (χ1n) is 4.48. The summed E-state index contributed by atoms with van der Waals surface area (Å²) in [4.78, 5) is 0. The molecule has 0 aromatic heterocycles. The van der Waals surface area contributed by atoms with E-state index in [0.717, 1.165) is 19.6 Å². The molecule has 66 valence electrons. The van der Waals surface area contributed by atoms with Crippen molar-refractivity contribution < 1.29 is 4.74 Å². The van der Waals surface area contributed by atoms with Gasteiger partial charge in [-0.05, 0) is 19.3 Å². The van der Waals surface area contributed by atoms with Gasteiger partial charge >= 0.3 is 0 Å². The topological polar surface area (TPSA) is 47.3 Å². The number of hydrogen-bond donors (Lipinski definition) is 2. The number of nitrogens with two attached hydrogens (primary N) is 1. The Bertz CT molecular complexity index is 90.1. The smallest absolute Gasteiger partial charge is 0.0587 e. The molecule has 1 atom stereocenters. The van der Waals surface area contributed by atoms with Crippen molar-refractivity contribution in [2.24, 2.45) is 5.84 Å². The minimum Gasteiger partial charge on any atom is -0.378 e. The zero-order valence-electron chi connectivity index (χ0n) is 7.01. The lowest BCUT2D eigenvalue weighted by molar-refractivity contribution is 0.0531. The van der Waals surface area contributed by atoms with Crippen LogP contribution in [0.1, 0.15) is 32.1 Å². The molecule has 0 radical (unpaired) electrons. The minimum atomic E-state index is 0.452. The number of rotatable bonds is 3. The van der Waals surface area contributed by atoms with E-state index in [1.54, 1.807) is 0 Å². The predicted molar refractivity (Wildman–Crippen MR) is 45.0 cm³/mol. The van der Waals surface area contributed by atoms with Crippen LogP contribution in [0.3, 0.4) is 0 Å². The van der Waals surface area contributed by atoms with E-state index in [-0.39, 0.29) is 0 Å². The molecule has 0 aliphatic carbocycles. The zero-order valence-corrected chi connectivity index (χ0v) is 7.01. The van der Waals surface area contributed by atoms with Crippen molar-refractivity contribution in [3.63, 3.8) is 0 Å². The van der Waals surface area contributed by atoms with Gasteiger partial charge in [0.25, 0.3) is 0 Å². The van der Waals surface area contributed by atoms with E-state index in [0.29, 0.717) is 6.10 Å². The van der Waals surface area contributed by atoms with Crippen molar-refractivity contribution in [2.45, 2.75) is 38.2 Å². The third kappa shape index (κ3) is 3.70. The van der Waals surface area contributed by atoms with Gasteiger partial charge in [-0.2, -0.15) is 0 Å². The highest BCUT2D eigenvalue weighted by Crippen LogP contribution is 2.14. The van der Waals surface area contributed by atoms with Gasteiger partial charge in [0.15, 0.2) is 0 Å². The van der Waals surface area contributed by atoms with E-state index >= 15 is 0 Å². The molecule has 0 aromatic carbocycles. The van der Waals surface area contributed by atoms with Crippen LogP contribution in [-0.4, -0.2) is 19.3 Å². The predicted octanol–water partition coefficient (Wildman–Crippen LogP) is 0.799. The minimum absolute atomic E-state index is 0.452. The summed E-state index contributed by atoms with van der Waals surface area (Å²) in [6.45, 7) is 1.81. The van der Waals surface area contributed by atoms with Crippen LogP contribution in [0.15, 0.2) is 0 Å². The van der Waals surface area contributed by atoms with Crippen molar-refractivity contribution >= 4 is 0 Å². The molecule has 1 aliphatic rings. The monoisotopic (exact) mass is 158 g/mol. The molecule has 0 spiro atoms. The quantitative estimate of drug-likeness (QED) is 0.472. The molecule has 0 aromatic rings. The van der Waals surface area contributed by atoms with Crippen LogP contribution in [0.25, 0.3) is 0 Å². The Balaban J connectivity index is 2.09. The Morgan fingerprint density at radius 2 is 2.27 bits per heavy atom. The molecule has 1 saturated heterocycles. The fraction of sp³-hybridized carbons (Fsp3) is 1.00. The van der Waals surface area contributed by atoms with E-state index in [1.807, 2.05) is 0 Å². The third-order valence-electron chi connectivity index (χ3n) is 2.13. The van der Waals surface area contributed by atoms with Gasteiger partial charge in [-0.3, -0.25) is 11.3 Å². The molecule has 1 fully saturated rings. The van der Waals surface area contributed by atoms with Crippen LogP contribution < -0.4 is 11.3 Å². The third-order valence-corrected chi connectivity index (χ3v) is 2.13. The van der Waals surface area contributed by atoms with Gasteiger partial charge in [-0.1, -0.05) is 12.8 Å². The number of nitrogens with one attached hydrogen (secondary N) is 1. The van der Waals surface area contributed by atoms with Crippen LogP contribution in [0.4, 0.5) is 0 Å². The van der Waals surface area contributed by atoms with Crippen molar-refractivity contribution in [1.82, 2.24) is 5.43 Å². The summed E-state index contributed by atoms with van der Waals surface area (Å²) in [6.07, 6.45) is 6.58. The Labute approximate surface area is 68.3 Å². The first-order valence-corrected chi connectivity index (χ1v) is 4.48. The molecule has 3 nitrogen and oxygen atoms in total. The molecule has 0 amide bonds. The number of hydrogen-bond acceptors (Lipinski definition) is 3. The molecule has 11 heavy (non-hydrogen) atoms. The molecule has 0 saturated carbocycles. The molecular weight excluding hydrogens is 140 g/mol. The van der Waals surface area contributed by atoms with Crippen LogP contribution in [-0.2, 0) is 4.74 Å². The molecular formula is C8H18N2O. The fourth-order valence-electron chi connectivity index (χ4n) is 1.46. The van der Waals surface area contributed by atoms with Crippen molar-refractivity contribution in [2.75, 3.05) is 13.2 Å². The van der Waals surface area contributed by atoms with Gasteiger partial charge in [0.05, 0.1) is 6.10 Å². The second-order valence-electron chi connectivity index (χ2n) is 3.08. The summed E-state index contributed by atoms with van der Waals surface area (Å²) in [7, 11) is 0. The normalized spacial score (nSPS) is 26.5. The van der Waals surface area contributed by atoms with E-state index in [2.05, 4.69) is 5.43 Å². The van der Waals surface area contributed by atoms with Gasteiger partial charge in [-0.15, -0.1) is 0 Å². The lowest BCUT2D eigenvalue weighted by Gasteiger charge is -2.13. The van der Waals surface area contributed by atoms with Crippen molar-refractivity contribution in [3.05, 3.63) is 0 Å². The van der Waals surface area contributed by atoms with E-state index in [4.69, 9.17) is 10.6 Å². The summed E-state index contributed by atoms with van der Waals surface area (Å²) in [5, 5.41) is 0. The lowest BCUT2D eigenvalue weighted by atomic mass is 10.1. The first-order chi connectivity index (χ1) is 5.43. The summed E-state index contributed by atoms with van der Waals surface area (Å²) < 4.78 is 5.61. The highest BCUT2D eigenvalue weighted by Gasteiger charge is 2.10. The highest BCUT2D eigenvalue weighted by atomic mass is 16.5. The Morgan fingerprint density at radius 3 is 3.09 bits per heavy atom. The maximum atomic E-state index is 5.61. The second-order valence-corrected chi connectivity index (χ2v) is 3.08. The van der Waals surface area contributed by atoms with Gasteiger partial charge in [0.2, 0.25) is 0 Å². The van der Waals surface area contributed by atoms with Gasteiger partial charge < -0.3 is 4.74 Å². The summed E-state index contributed by atoms with van der Waals surface area (Å²) in [5.41, 5.74) is 2.66. The summed E-state index contributed by atoms with van der Waals surface area (Å²) in [5.74, 6) is 5.18. The van der Waals surface area contributed by atoms with Gasteiger partial charge in [-0.25, -0.2) is 0 Å². The Morgan fingerprint density at radius 1 is 1.36 bits per heavy atom. The van der Waals surface area contributed by atoms with Crippen molar-refractivity contribution in [1.29, 1.82) is 0 Å². The molecule has 3 N–H and O–H groups in total. The Kier molecular flexibility index (Phi) is 4.50. The largest absolute Gasteiger partial charge is 0.378 e. The first kappa shape index (κ1) is 8.97. The summed E-state index contributed by atoms with van der Waals surface area (Å²) in [6, 6.07) is 0. The van der Waals surface area contributed by atoms with Crippen LogP contribution in [0, 0.1) is 0 Å². The maximum absolute atomic E-state index is 5.61. The van der Waals surface area contributed by atoms with Crippen LogP contribution in [0.2, 0.25) is 0 Å². The molecule has 1 unspecified atom stereocenters. The van der Waals surface area contributed by atoms with Gasteiger partial charge in [0, 0.05) is 13.2 Å². The zero-order chi connectivity index (χ0) is 7.94. The second kappa shape index (κ2) is 5.52. The van der Waals surface area contributed by atoms with Crippen LogP contribution >= 0.6 is 0 Å². The standard InChI is InChI=1S/C8H18N2O/c9-10-6-5-8-4-2-1-3-7-11-8/h8,10H,1-7,9H2. The lowest BCUT2D eigenvalue weighted by Crippen LogP contribution is -2.27. The van der Waals surface area contributed by atoms with E-state index in [1.165, 1.54) is 25.7 Å². The van der Waals surface area contributed by atoms with E-state index in [9.17, 15) is 0 Å². The molecule has 0 bridgehead atoms. The van der Waals surface area contributed by atoms with Gasteiger partial charge in [0.1, 0.15) is 0 Å².